The fourth-order valence-corrected chi connectivity index (χ4v) is 5.55. The Kier molecular flexibility index (Phi) is 8.94. The summed E-state index contributed by atoms with van der Waals surface area (Å²) in [5.41, 5.74) is 1.17. The maximum atomic E-state index is 14.8. The van der Waals surface area contributed by atoms with Crippen molar-refractivity contribution in [3.05, 3.63) is 108 Å². The average Bonchev–Trinajstić information content (AvgIpc) is 3.40. The van der Waals surface area contributed by atoms with Gasteiger partial charge in [-0.05, 0) is 37.5 Å². The molecule has 0 N–H and O–H groups in total. The van der Waals surface area contributed by atoms with E-state index in [1.807, 2.05) is 64.1 Å². The zero-order valence-corrected chi connectivity index (χ0v) is 26.1. The van der Waals surface area contributed by atoms with Crippen LogP contribution in [-0.2, 0) is 25.5 Å². The molecular weight excluding hydrogens is 570 g/mol. The number of hydrogen-bond donors (Lipinski definition) is 0. The van der Waals surface area contributed by atoms with Crippen LogP contribution in [0.3, 0.4) is 0 Å². The topological polar surface area (TPSA) is 112 Å². The molecule has 2 aliphatic rings. The lowest BCUT2D eigenvalue weighted by atomic mass is 9.96. The lowest BCUT2D eigenvalue weighted by Gasteiger charge is -2.46. The molecule has 0 bridgehead atoms. The molecule has 232 valence electrons. The number of ketones is 1. The number of ether oxygens (including phenoxy) is 1. The molecule has 10 heteroatoms. The molecule has 3 amide bonds. The fraction of sp³-hybridized carbons (Fsp3) is 0.314. The highest BCUT2D eigenvalue weighted by Gasteiger charge is 2.48. The number of aromatic nitrogens is 1. The lowest BCUT2D eigenvalue weighted by molar-refractivity contribution is -0.165. The van der Waals surface area contributed by atoms with Gasteiger partial charge in [0.2, 0.25) is 11.7 Å². The molecule has 5 rings (SSSR count). The van der Waals surface area contributed by atoms with Crippen LogP contribution < -0.4 is 0 Å². The van der Waals surface area contributed by atoms with E-state index in [1.165, 1.54) is 28.0 Å². The Morgan fingerprint density at radius 3 is 2.18 bits per heavy atom. The number of amides is 3. The van der Waals surface area contributed by atoms with E-state index in [0.717, 1.165) is 5.56 Å². The molecule has 2 aliphatic heterocycles. The first-order chi connectivity index (χ1) is 21.5. The fourth-order valence-electron chi connectivity index (χ4n) is 5.55. The first kappa shape index (κ1) is 31.3. The number of rotatable bonds is 9. The van der Waals surface area contributed by atoms with Gasteiger partial charge in [-0.3, -0.25) is 29.1 Å². The summed E-state index contributed by atoms with van der Waals surface area (Å²) in [6.07, 6.45) is 3.19. The van der Waals surface area contributed by atoms with Crippen molar-refractivity contribution in [2.24, 2.45) is 10.9 Å². The van der Waals surface area contributed by atoms with E-state index >= 15 is 0 Å². The summed E-state index contributed by atoms with van der Waals surface area (Å²) in [6.45, 7) is 8.89. The van der Waals surface area contributed by atoms with Gasteiger partial charge in [-0.1, -0.05) is 80.6 Å². The van der Waals surface area contributed by atoms with Crippen molar-refractivity contribution in [2.75, 3.05) is 6.61 Å². The summed E-state index contributed by atoms with van der Waals surface area (Å²) in [5.74, 6) is -2.50. The second-order valence-electron chi connectivity index (χ2n) is 12.1. The molecule has 1 aromatic heterocycles. The minimum atomic E-state index is -1.18. The summed E-state index contributed by atoms with van der Waals surface area (Å²) in [7, 11) is 0. The minimum Gasteiger partial charge on any atom is -0.473 e. The number of carbonyl (C=O) groups is 4. The zero-order valence-electron chi connectivity index (χ0n) is 26.1. The molecule has 0 aliphatic carbocycles. The van der Waals surface area contributed by atoms with Crippen LogP contribution in [0.15, 0.2) is 96.3 Å². The van der Waals surface area contributed by atoms with Crippen LogP contribution in [0.25, 0.3) is 5.70 Å². The van der Waals surface area contributed by atoms with Gasteiger partial charge in [0.1, 0.15) is 24.4 Å². The Morgan fingerprint density at radius 2 is 1.62 bits per heavy atom. The first-order valence-corrected chi connectivity index (χ1v) is 14.9. The summed E-state index contributed by atoms with van der Waals surface area (Å²) >= 11 is 0. The van der Waals surface area contributed by atoms with Crippen molar-refractivity contribution in [2.45, 2.75) is 58.7 Å². The Hall–Kier alpha value is -5.12. The van der Waals surface area contributed by atoms with Crippen molar-refractivity contribution in [3.63, 3.8) is 0 Å². The van der Waals surface area contributed by atoms with Gasteiger partial charge in [0.05, 0.1) is 11.2 Å². The molecule has 0 fully saturated rings. The molecule has 10 nitrogen and oxygen atoms in total. The maximum Gasteiger partial charge on any atom is 0.277 e. The molecule has 0 radical (unpaired) electrons. The lowest BCUT2D eigenvalue weighted by Crippen LogP contribution is -2.64. The van der Waals surface area contributed by atoms with E-state index in [9.17, 15) is 19.2 Å². The third-order valence-corrected chi connectivity index (χ3v) is 7.66. The third kappa shape index (κ3) is 6.55. The minimum absolute atomic E-state index is 0.0887. The molecule has 0 unspecified atom stereocenters. The first-order valence-electron chi connectivity index (χ1n) is 14.9. The quantitative estimate of drug-likeness (QED) is 0.353. The summed E-state index contributed by atoms with van der Waals surface area (Å²) < 4.78 is 5.75. The van der Waals surface area contributed by atoms with Crippen molar-refractivity contribution in [3.8, 4) is 0 Å². The van der Waals surface area contributed by atoms with Crippen LogP contribution >= 0.6 is 0 Å². The third-order valence-electron chi connectivity index (χ3n) is 7.66. The van der Waals surface area contributed by atoms with Crippen molar-refractivity contribution < 1.29 is 23.9 Å². The van der Waals surface area contributed by atoms with Gasteiger partial charge in [0.25, 0.3) is 17.7 Å². The molecular formula is C35H37N5O5. The van der Waals surface area contributed by atoms with Gasteiger partial charge in [0, 0.05) is 31.3 Å². The predicted molar refractivity (Wildman–Crippen MR) is 169 cm³/mol. The van der Waals surface area contributed by atoms with E-state index in [4.69, 9.17) is 4.74 Å². The van der Waals surface area contributed by atoms with Crippen molar-refractivity contribution >= 4 is 35.1 Å². The largest absolute Gasteiger partial charge is 0.473 e. The van der Waals surface area contributed by atoms with E-state index in [1.54, 1.807) is 48.7 Å². The number of Topliss-reactive ketones (excluding diaryl/α,β-unsaturated/α-hetero) is 1. The molecule has 0 saturated heterocycles. The summed E-state index contributed by atoms with van der Waals surface area (Å²) in [4.78, 5) is 66.7. The molecule has 45 heavy (non-hydrogen) atoms. The molecule has 0 spiro atoms. The summed E-state index contributed by atoms with van der Waals surface area (Å²) in [5, 5.41) is 2.46. The Morgan fingerprint density at radius 1 is 0.978 bits per heavy atom. The predicted octanol–water partition coefficient (Wildman–Crippen LogP) is 4.54. The highest BCUT2D eigenvalue weighted by molar-refractivity contribution is 6.39. The highest BCUT2D eigenvalue weighted by atomic mass is 16.5. The SMILES string of the molecule is CC(=O)N([C@@H](Cc1ccccc1)C(=O)C1=NC(C)(C)CO1)N1C(=O)[C@@H](C(C)C)N(C(=O)c2ccccn2)C=C1c1ccccc1. The van der Waals surface area contributed by atoms with Crippen molar-refractivity contribution in [1.82, 2.24) is 19.9 Å². The normalized spacial score (nSPS) is 18.2. The zero-order chi connectivity index (χ0) is 32.3. The van der Waals surface area contributed by atoms with Gasteiger partial charge in [-0.2, -0.15) is 0 Å². The molecule has 0 saturated carbocycles. The van der Waals surface area contributed by atoms with Crippen LogP contribution in [0.1, 0.15) is 56.2 Å². The maximum absolute atomic E-state index is 14.8. The van der Waals surface area contributed by atoms with Crippen LogP contribution in [0.4, 0.5) is 0 Å². The van der Waals surface area contributed by atoms with E-state index in [-0.39, 0.29) is 36.2 Å². The average molecular weight is 608 g/mol. The molecule has 2 aromatic carbocycles. The standard InChI is InChI=1S/C35H37N5O5/c1-23(2)30-34(44)40(29(26-16-10-7-11-17-26)21-38(30)33(43)27-18-12-13-19-36-27)39(24(3)41)28(20-25-14-8-6-9-15-25)31(42)32-37-35(4,5)22-45-32/h6-19,21,23,28,30H,20,22H2,1-5H3/t28-,30+/m0/s1. The van der Waals surface area contributed by atoms with Gasteiger partial charge in [0.15, 0.2) is 0 Å². The van der Waals surface area contributed by atoms with Crippen molar-refractivity contribution in [1.29, 1.82) is 0 Å². The van der Waals surface area contributed by atoms with E-state index in [0.29, 0.717) is 5.56 Å². The van der Waals surface area contributed by atoms with Crippen LogP contribution in [0, 0.1) is 5.92 Å². The number of hydrogen-bond acceptors (Lipinski definition) is 7. The van der Waals surface area contributed by atoms with Gasteiger partial charge in [-0.25, -0.2) is 15.0 Å². The number of nitrogens with zero attached hydrogens (tertiary/aromatic N) is 5. The molecule has 2 atom stereocenters. The smallest absolute Gasteiger partial charge is 0.277 e. The van der Waals surface area contributed by atoms with Gasteiger partial charge >= 0.3 is 0 Å². The Bertz CT molecular complexity index is 1640. The number of aliphatic imine (C=N–C) groups is 1. The van der Waals surface area contributed by atoms with E-state index in [2.05, 4.69) is 9.98 Å². The molecule has 3 aromatic rings. The Labute approximate surface area is 263 Å². The Balaban J connectivity index is 1.70. The second kappa shape index (κ2) is 12.9. The monoisotopic (exact) mass is 607 g/mol. The van der Waals surface area contributed by atoms with Crippen LogP contribution in [-0.4, -0.2) is 73.5 Å². The van der Waals surface area contributed by atoms with Gasteiger partial charge < -0.3 is 4.74 Å². The molecule has 3 heterocycles. The van der Waals surface area contributed by atoms with Crippen LogP contribution in [0.2, 0.25) is 0 Å². The van der Waals surface area contributed by atoms with Gasteiger partial charge in [-0.15, -0.1) is 0 Å². The van der Waals surface area contributed by atoms with E-state index < -0.39 is 41.1 Å². The highest BCUT2D eigenvalue weighted by Crippen LogP contribution is 2.34. The number of benzene rings is 2. The number of hydrazine groups is 1. The second-order valence-corrected chi connectivity index (χ2v) is 12.1. The number of carbonyl (C=O) groups excluding carboxylic acids is 4. The number of pyridine rings is 1. The van der Waals surface area contributed by atoms with Crippen LogP contribution in [0.5, 0.6) is 0 Å². The summed E-state index contributed by atoms with van der Waals surface area (Å²) in [6, 6.07) is 21.1.